The number of carbonyl (C=O) groups is 2. The number of benzene rings is 1. The van der Waals surface area contributed by atoms with Gasteiger partial charge in [-0.1, -0.05) is 23.7 Å². The van der Waals surface area contributed by atoms with Crippen LogP contribution in [0.3, 0.4) is 0 Å². The van der Waals surface area contributed by atoms with Crippen LogP contribution in [0, 0.1) is 0 Å². The monoisotopic (exact) mass is 552 g/mol. The minimum Gasteiger partial charge on any atom is -0.484 e. The molecule has 0 atom stereocenters. The van der Waals surface area contributed by atoms with Crippen LogP contribution < -0.4 is 32.6 Å². The lowest BCUT2D eigenvalue weighted by Gasteiger charge is -2.08. The molecule has 15 nitrogen and oxygen atoms in total. The molecule has 0 saturated heterocycles. The van der Waals surface area contributed by atoms with Crippen molar-refractivity contribution >= 4 is 58.1 Å². The Morgan fingerprint density at radius 2 is 1.87 bits per heavy atom. The zero-order valence-corrected chi connectivity index (χ0v) is 21.3. The third-order valence-corrected chi connectivity index (χ3v) is 5.51. The first-order chi connectivity index (χ1) is 18.8. The Morgan fingerprint density at radius 1 is 1.08 bits per heavy atom. The molecule has 0 aliphatic rings. The highest BCUT2D eigenvalue weighted by Gasteiger charge is 2.16. The molecule has 0 aliphatic heterocycles. The summed E-state index contributed by atoms with van der Waals surface area (Å²) in [6.45, 7) is 0.229. The second kappa shape index (κ2) is 12.5. The molecule has 3 aromatic heterocycles. The summed E-state index contributed by atoms with van der Waals surface area (Å²) in [4.78, 5) is 51.1. The summed E-state index contributed by atoms with van der Waals surface area (Å²) >= 11 is 5.79. The van der Waals surface area contributed by atoms with Gasteiger partial charge in [-0.3, -0.25) is 25.2 Å². The zero-order valence-electron chi connectivity index (χ0n) is 20.5. The van der Waals surface area contributed by atoms with Crippen molar-refractivity contribution in [1.29, 1.82) is 0 Å². The number of nitrogens with two attached hydrogens (primary N) is 3. The van der Waals surface area contributed by atoms with E-state index in [-0.39, 0.29) is 46.9 Å². The van der Waals surface area contributed by atoms with Gasteiger partial charge >= 0.3 is 0 Å². The van der Waals surface area contributed by atoms with E-state index in [1.54, 1.807) is 18.3 Å². The van der Waals surface area contributed by atoms with Crippen LogP contribution in [-0.4, -0.2) is 60.8 Å². The standard InChI is InChI=1S/C23H25ClN12O3/c24-17-19(26)34-18(25)16(33-17)21(38)36-22(27)29-8-2-1-3-12-4-6-13(7-5-12)39-10-15(37)32-23-31-14-9-28-11-30-20(14)35-23/h4-7,9,11H,1-3,8,10H2,(H4,25,26,34)(H3,27,29,36,38)(H2,28,30,31,32,35,37). The van der Waals surface area contributed by atoms with E-state index in [0.717, 1.165) is 24.8 Å². The topological polar surface area (TPSA) is 238 Å². The molecule has 0 fully saturated rings. The molecule has 3 heterocycles. The molecular weight excluding hydrogens is 528 g/mol. The van der Waals surface area contributed by atoms with Gasteiger partial charge in [0.1, 0.15) is 17.6 Å². The number of aromatic nitrogens is 6. The fourth-order valence-electron chi connectivity index (χ4n) is 3.35. The maximum atomic E-state index is 12.2. The molecule has 202 valence electrons. The highest BCUT2D eigenvalue weighted by atomic mass is 35.5. The molecule has 0 bridgehead atoms. The Labute approximate surface area is 226 Å². The fraction of sp³-hybridized carbons (Fsp3) is 0.217. The zero-order chi connectivity index (χ0) is 27.8. The number of anilines is 3. The van der Waals surface area contributed by atoms with E-state index in [1.165, 1.54) is 6.33 Å². The average Bonchev–Trinajstić information content (AvgIpc) is 3.32. The van der Waals surface area contributed by atoms with Crippen molar-refractivity contribution in [3.05, 3.63) is 53.2 Å². The van der Waals surface area contributed by atoms with Gasteiger partial charge in [0.15, 0.2) is 40.7 Å². The predicted octanol–water partition coefficient (Wildman–Crippen LogP) is 1.05. The number of aromatic amines is 1. The molecule has 0 radical (unpaired) electrons. The fourth-order valence-corrected chi connectivity index (χ4v) is 3.48. The molecule has 1 aromatic carbocycles. The molecule has 0 unspecified atom stereocenters. The van der Waals surface area contributed by atoms with Crippen LogP contribution >= 0.6 is 11.6 Å². The van der Waals surface area contributed by atoms with Crippen molar-refractivity contribution in [2.45, 2.75) is 19.3 Å². The second-order valence-electron chi connectivity index (χ2n) is 8.14. The van der Waals surface area contributed by atoms with E-state index in [0.29, 0.717) is 23.5 Å². The lowest BCUT2D eigenvalue weighted by atomic mass is 10.1. The van der Waals surface area contributed by atoms with Crippen LogP contribution in [0.4, 0.5) is 17.6 Å². The van der Waals surface area contributed by atoms with E-state index < -0.39 is 5.91 Å². The molecule has 16 heteroatoms. The lowest BCUT2D eigenvalue weighted by Crippen LogP contribution is -2.38. The number of aliphatic imine (C=N–C) groups is 1. The van der Waals surface area contributed by atoms with E-state index in [2.05, 4.69) is 45.5 Å². The highest BCUT2D eigenvalue weighted by molar-refractivity contribution is 6.31. The maximum absolute atomic E-state index is 12.2. The van der Waals surface area contributed by atoms with Crippen LogP contribution in [0.1, 0.15) is 28.9 Å². The van der Waals surface area contributed by atoms with Crippen LogP contribution in [0.5, 0.6) is 5.75 Å². The smallest absolute Gasteiger partial charge is 0.280 e. The molecule has 4 rings (SSSR count). The van der Waals surface area contributed by atoms with Crippen LogP contribution in [0.15, 0.2) is 41.8 Å². The summed E-state index contributed by atoms with van der Waals surface area (Å²) in [7, 11) is 0. The van der Waals surface area contributed by atoms with E-state index in [4.69, 9.17) is 33.5 Å². The first-order valence-electron chi connectivity index (χ1n) is 11.7. The third-order valence-electron chi connectivity index (χ3n) is 5.23. The average molecular weight is 553 g/mol. The quantitative estimate of drug-likeness (QED) is 0.0922. The lowest BCUT2D eigenvalue weighted by molar-refractivity contribution is -0.118. The molecule has 4 aromatic rings. The van der Waals surface area contributed by atoms with Crippen molar-refractivity contribution < 1.29 is 14.3 Å². The number of rotatable bonds is 10. The number of amides is 2. The number of nitrogen functional groups attached to an aromatic ring is 2. The number of carbonyl (C=O) groups excluding carboxylic acids is 2. The van der Waals surface area contributed by atoms with Crippen molar-refractivity contribution in [2.24, 2.45) is 10.7 Å². The minimum atomic E-state index is -0.688. The molecule has 2 amide bonds. The summed E-state index contributed by atoms with van der Waals surface area (Å²) < 4.78 is 5.54. The first-order valence-corrected chi connectivity index (χ1v) is 12.0. The molecular formula is C23H25ClN12O3. The third kappa shape index (κ3) is 7.48. The van der Waals surface area contributed by atoms with Crippen molar-refractivity contribution in [3.63, 3.8) is 0 Å². The van der Waals surface area contributed by atoms with E-state index in [1.807, 2.05) is 12.1 Å². The van der Waals surface area contributed by atoms with E-state index in [9.17, 15) is 9.59 Å². The number of H-pyrrole nitrogens is 1. The largest absolute Gasteiger partial charge is 0.484 e. The van der Waals surface area contributed by atoms with Gasteiger partial charge in [0.05, 0.1) is 6.20 Å². The number of hydrogen-bond acceptors (Lipinski definition) is 11. The molecule has 39 heavy (non-hydrogen) atoms. The number of ether oxygens (including phenoxy) is 1. The summed E-state index contributed by atoms with van der Waals surface area (Å²) in [5.74, 6) is -0.538. The Morgan fingerprint density at radius 3 is 2.64 bits per heavy atom. The number of hydrogen-bond donors (Lipinski definition) is 6. The SMILES string of the molecule is NC(=NCCCCc1ccc(OCC(=O)Nc2nc3ncncc3[nH]2)cc1)NC(=O)c1nc(Cl)c(N)nc1N. The van der Waals surface area contributed by atoms with Gasteiger partial charge in [-0.25, -0.2) is 19.9 Å². The van der Waals surface area contributed by atoms with Gasteiger partial charge in [0, 0.05) is 6.54 Å². The number of guanidine groups is 1. The predicted molar refractivity (Wildman–Crippen MR) is 145 cm³/mol. The summed E-state index contributed by atoms with van der Waals surface area (Å²) in [6, 6.07) is 7.44. The normalized spacial score (nSPS) is 11.4. The Balaban J connectivity index is 1.15. The van der Waals surface area contributed by atoms with Crippen molar-refractivity contribution in [3.8, 4) is 5.75 Å². The van der Waals surface area contributed by atoms with Crippen molar-refractivity contribution in [2.75, 3.05) is 29.9 Å². The summed E-state index contributed by atoms with van der Waals surface area (Å²) in [5, 5.41) is 4.88. The summed E-state index contributed by atoms with van der Waals surface area (Å²) in [6.07, 6.45) is 5.31. The summed E-state index contributed by atoms with van der Waals surface area (Å²) in [5.41, 5.74) is 18.9. The first kappa shape index (κ1) is 27.0. The molecule has 0 aliphatic carbocycles. The second-order valence-corrected chi connectivity index (χ2v) is 8.50. The number of nitrogens with zero attached hydrogens (tertiary/aromatic N) is 6. The van der Waals surface area contributed by atoms with Crippen LogP contribution in [0.2, 0.25) is 5.15 Å². The van der Waals surface area contributed by atoms with Crippen LogP contribution in [-0.2, 0) is 11.2 Å². The van der Waals surface area contributed by atoms with E-state index >= 15 is 0 Å². The Hall–Kier alpha value is -5.05. The minimum absolute atomic E-state index is 0.0753. The Bertz CT molecular complexity index is 1470. The number of nitrogens with one attached hydrogen (secondary N) is 3. The van der Waals surface area contributed by atoms with Gasteiger partial charge in [0.25, 0.3) is 11.8 Å². The van der Waals surface area contributed by atoms with Gasteiger partial charge in [-0.15, -0.1) is 0 Å². The maximum Gasteiger partial charge on any atom is 0.280 e. The van der Waals surface area contributed by atoms with Gasteiger partial charge < -0.3 is 26.9 Å². The highest BCUT2D eigenvalue weighted by Crippen LogP contribution is 2.17. The number of imidazole rings is 1. The number of halogens is 1. The molecule has 0 spiro atoms. The van der Waals surface area contributed by atoms with Gasteiger partial charge in [-0.05, 0) is 37.0 Å². The molecule has 9 N–H and O–H groups in total. The number of unbranched alkanes of at least 4 members (excludes halogenated alkanes) is 1. The van der Waals surface area contributed by atoms with Gasteiger partial charge in [-0.2, -0.15) is 4.98 Å². The number of fused-ring (bicyclic) bond motifs is 1. The Kier molecular flexibility index (Phi) is 8.63. The number of aryl methyl sites for hydroxylation is 1. The van der Waals surface area contributed by atoms with Crippen LogP contribution in [0.25, 0.3) is 11.2 Å². The molecule has 0 saturated carbocycles. The van der Waals surface area contributed by atoms with Crippen molar-refractivity contribution in [1.82, 2.24) is 35.2 Å². The van der Waals surface area contributed by atoms with Gasteiger partial charge in [0.2, 0.25) is 5.95 Å².